The molecule has 0 rings (SSSR count). The zero-order valence-electron chi connectivity index (χ0n) is 5.57. The van der Waals surface area contributed by atoms with Crippen LogP contribution in [0.5, 0.6) is 0 Å². The van der Waals surface area contributed by atoms with Gasteiger partial charge < -0.3 is 15.6 Å². The van der Waals surface area contributed by atoms with Gasteiger partial charge in [-0.15, -0.1) is 0 Å². The summed E-state index contributed by atoms with van der Waals surface area (Å²) in [7, 11) is 0. The first kappa shape index (κ1) is 9.44. The van der Waals surface area contributed by atoms with Crippen molar-refractivity contribution >= 4 is 11.9 Å². The van der Waals surface area contributed by atoms with Gasteiger partial charge >= 0.3 is 11.9 Å². The molecule has 11 heavy (non-hydrogen) atoms. The normalized spacial score (nSPS) is 10.8. The van der Waals surface area contributed by atoms with Crippen LogP contribution in [0, 0.1) is 0 Å². The summed E-state index contributed by atoms with van der Waals surface area (Å²) in [4.78, 5) is 20.2. The van der Waals surface area contributed by atoms with Gasteiger partial charge in [-0.05, 0) is 0 Å². The van der Waals surface area contributed by atoms with Crippen LogP contribution in [0.4, 0.5) is 0 Å². The third-order valence-electron chi connectivity index (χ3n) is 0.874. The summed E-state index contributed by atoms with van der Waals surface area (Å²) in [6.07, 6.45) is 0.371. The molecule has 0 aliphatic carbocycles. The SMILES string of the molecule is NNC=C(CC(=O)O)C(=O)O. The first-order chi connectivity index (χ1) is 5.07. The fourth-order valence-electron chi connectivity index (χ4n) is 0.452. The summed E-state index contributed by atoms with van der Waals surface area (Å²) in [5, 5.41) is 16.5. The van der Waals surface area contributed by atoms with Crippen LogP contribution in [-0.4, -0.2) is 22.2 Å². The Morgan fingerprint density at radius 2 is 2.00 bits per heavy atom. The average Bonchev–Trinajstić information content (AvgIpc) is 1.86. The van der Waals surface area contributed by atoms with Crippen molar-refractivity contribution in [3.05, 3.63) is 11.8 Å². The molecule has 0 aromatic heterocycles. The quantitative estimate of drug-likeness (QED) is 0.236. The highest BCUT2D eigenvalue weighted by molar-refractivity contribution is 5.91. The summed E-state index contributed by atoms with van der Waals surface area (Å²) in [5.41, 5.74) is 1.66. The van der Waals surface area contributed by atoms with E-state index in [1.807, 2.05) is 5.43 Å². The Labute approximate surface area is 62.3 Å². The van der Waals surface area contributed by atoms with E-state index in [9.17, 15) is 9.59 Å². The van der Waals surface area contributed by atoms with Crippen LogP contribution in [0.15, 0.2) is 11.8 Å². The monoisotopic (exact) mass is 160 g/mol. The predicted octanol–water partition coefficient (Wildman–Crippen LogP) is -1.11. The standard InChI is InChI=1S/C5H8N2O4/c6-7-2-3(5(10)11)1-4(8)9/h2,7H,1,6H2,(H,8,9)(H,10,11). The maximum absolute atomic E-state index is 10.2. The molecule has 0 fully saturated rings. The first-order valence-corrected chi connectivity index (χ1v) is 2.68. The average molecular weight is 160 g/mol. The van der Waals surface area contributed by atoms with E-state index in [1.54, 1.807) is 0 Å². The molecule has 0 aliphatic heterocycles. The highest BCUT2D eigenvalue weighted by Crippen LogP contribution is 1.98. The molecule has 0 aromatic rings. The molecule has 62 valence electrons. The van der Waals surface area contributed by atoms with Crippen LogP contribution in [0.25, 0.3) is 0 Å². The zero-order valence-corrected chi connectivity index (χ0v) is 5.57. The van der Waals surface area contributed by atoms with E-state index in [1.165, 1.54) is 0 Å². The number of carboxylic acids is 2. The molecule has 0 saturated carbocycles. The Morgan fingerprint density at radius 1 is 1.45 bits per heavy atom. The van der Waals surface area contributed by atoms with Crippen LogP contribution >= 0.6 is 0 Å². The van der Waals surface area contributed by atoms with Crippen LogP contribution in [0.1, 0.15) is 6.42 Å². The topological polar surface area (TPSA) is 113 Å². The highest BCUT2D eigenvalue weighted by atomic mass is 16.4. The summed E-state index contributed by atoms with van der Waals surface area (Å²) in [6, 6.07) is 0. The molecule has 6 nitrogen and oxygen atoms in total. The lowest BCUT2D eigenvalue weighted by atomic mass is 10.2. The Bertz CT molecular complexity index is 199. The van der Waals surface area contributed by atoms with E-state index >= 15 is 0 Å². The molecule has 6 heteroatoms. The maximum atomic E-state index is 10.2. The minimum absolute atomic E-state index is 0.292. The molecule has 5 N–H and O–H groups in total. The van der Waals surface area contributed by atoms with Crippen molar-refractivity contribution in [2.75, 3.05) is 0 Å². The molecule has 0 bridgehead atoms. The second-order valence-corrected chi connectivity index (χ2v) is 1.71. The second kappa shape index (κ2) is 4.29. The van der Waals surface area contributed by atoms with Gasteiger partial charge in [-0.2, -0.15) is 0 Å². The van der Waals surface area contributed by atoms with Crippen molar-refractivity contribution in [1.82, 2.24) is 5.43 Å². The maximum Gasteiger partial charge on any atom is 0.333 e. The molecule has 0 unspecified atom stereocenters. The van der Waals surface area contributed by atoms with Gasteiger partial charge in [-0.1, -0.05) is 0 Å². The number of hydrogen-bond donors (Lipinski definition) is 4. The fraction of sp³-hybridized carbons (Fsp3) is 0.200. The summed E-state index contributed by atoms with van der Waals surface area (Å²) in [5.74, 6) is 2.25. The Kier molecular flexibility index (Phi) is 3.68. The van der Waals surface area contributed by atoms with Crippen molar-refractivity contribution in [1.29, 1.82) is 0 Å². The van der Waals surface area contributed by atoms with Gasteiger partial charge in [-0.3, -0.25) is 10.6 Å². The van der Waals surface area contributed by atoms with Gasteiger partial charge in [0, 0.05) is 6.20 Å². The van der Waals surface area contributed by atoms with E-state index in [2.05, 4.69) is 0 Å². The molecule has 0 spiro atoms. The van der Waals surface area contributed by atoms with Crippen molar-refractivity contribution in [2.24, 2.45) is 5.84 Å². The van der Waals surface area contributed by atoms with Crippen LogP contribution in [-0.2, 0) is 9.59 Å². The smallest absolute Gasteiger partial charge is 0.333 e. The fourth-order valence-corrected chi connectivity index (χ4v) is 0.452. The van der Waals surface area contributed by atoms with Crippen molar-refractivity contribution < 1.29 is 19.8 Å². The lowest BCUT2D eigenvalue weighted by Crippen LogP contribution is -2.18. The van der Waals surface area contributed by atoms with E-state index in [4.69, 9.17) is 16.1 Å². The lowest BCUT2D eigenvalue weighted by molar-refractivity contribution is -0.139. The Balaban J connectivity index is 4.23. The van der Waals surface area contributed by atoms with E-state index in [0.29, 0.717) is 0 Å². The van der Waals surface area contributed by atoms with Crippen molar-refractivity contribution in [2.45, 2.75) is 6.42 Å². The molecule has 0 saturated heterocycles. The molecule has 0 atom stereocenters. The molecule has 0 amide bonds. The predicted molar refractivity (Wildman–Crippen MR) is 35.3 cm³/mol. The second-order valence-electron chi connectivity index (χ2n) is 1.71. The number of nitrogens with two attached hydrogens (primary N) is 1. The third-order valence-corrected chi connectivity index (χ3v) is 0.874. The molecule has 0 aliphatic rings. The van der Waals surface area contributed by atoms with Gasteiger partial charge in [0.05, 0.1) is 12.0 Å². The van der Waals surface area contributed by atoms with E-state index in [-0.39, 0.29) is 5.57 Å². The summed E-state index contributed by atoms with van der Waals surface area (Å²) < 4.78 is 0. The molecule has 0 radical (unpaired) electrons. The zero-order chi connectivity index (χ0) is 8.85. The van der Waals surface area contributed by atoms with Crippen LogP contribution in [0.2, 0.25) is 0 Å². The number of hydrogen-bond acceptors (Lipinski definition) is 4. The van der Waals surface area contributed by atoms with E-state index < -0.39 is 18.4 Å². The number of aliphatic carboxylic acids is 2. The van der Waals surface area contributed by atoms with E-state index in [0.717, 1.165) is 6.20 Å². The molecular formula is C5H8N2O4. The summed E-state index contributed by atoms with van der Waals surface area (Å²) >= 11 is 0. The third kappa shape index (κ3) is 3.93. The van der Waals surface area contributed by atoms with Gasteiger partial charge in [0.15, 0.2) is 0 Å². The Morgan fingerprint density at radius 3 is 2.27 bits per heavy atom. The first-order valence-electron chi connectivity index (χ1n) is 2.68. The molecular weight excluding hydrogens is 152 g/mol. The number of carbonyl (C=O) groups is 2. The van der Waals surface area contributed by atoms with Gasteiger partial charge in [0.2, 0.25) is 0 Å². The van der Waals surface area contributed by atoms with Gasteiger partial charge in [0.1, 0.15) is 0 Å². The van der Waals surface area contributed by atoms with Crippen LogP contribution in [0.3, 0.4) is 0 Å². The number of hydrazine groups is 1. The minimum atomic E-state index is -1.30. The lowest BCUT2D eigenvalue weighted by Gasteiger charge is -1.96. The van der Waals surface area contributed by atoms with Crippen molar-refractivity contribution in [3.8, 4) is 0 Å². The Hall–Kier alpha value is -1.56. The number of carboxylic acid groups (broad SMARTS) is 2. The number of nitrogens with one attached hydrogen (secondary N) is 1. The van der Waals surface area contributed by atoms with Crippen molar-refractivity contribution in [3.63, 3.8) is 0 Å². The largest absolute Gasteiger partial charge is 0.481 e. The molecule has 0 aromatic carbocycles. The van der Waals surface area contributed by atoms with Crippen LogP contribution < -0.4 is 11.3 Å². The van der Waals surface area contributed by atoms with Gasteiger partial charge in [-0.25, -0.2) is 4.79 Å². The minimum Gasteiger partial charge on any atom is -0.481 e. The number of rotatable bonds is 4. The highest BCUT2D eigenvalue weighted by Gasteiger charge is 2.10. The van der Waals surface area contributed by atoms with Gasteiger partial charge in [0.25, 0.3) is 0 Å². The molecule has 0 heterocycles. The summed E-state index contributed by atoms with van der Waals surface area (Å²) in [6.45, 7) is 0.